The summed E-state index contributed by atoms with van der Waals surface area (Å²) >= 11 is 5.81. The van der Waals surface area contributed by atoms with Crippen molar-refractivity contribution in [1.29, 1.82) is 0 Å². The number of benzene rings is 2. The van der Waals surface area contributed by atoms with Crippen molar-refractivity contribution in [2.75, 3.05) is 6.61 Å². The van der Waals surface area contributed by atoms with E-state index in [4.69, 9.17) is 21.1 Å². The predicted molar refractivity (Wildman–Crippen MR) is 99.5 cm³/mol. The van der Waals surface area contributed by atoms with E-state index in [1.165, 1.54) is 0 Å². The number of nitrogens with one attached hydrogen (secondary N) is 1. The monoisotopic (exact) mass is 368 g/mol. The van der Waals surface area contributed by atoms with Gasteiger partial charge >= 0.3 is 0 Å². The van der Waals surface area contributed by atoms with Gasteiger partial charge in [-0.2, -0.15) is 0 Å². The summed E-state index contributed by atoms with van der Waals surface area (Å²) in [6, 6.07) is 19.8. The van der Waals surface area contributed by atoms with Gasteiger partial charge in [0.05, 0.1) is 0 Å². The molecule has 0 spiro atoms. The molecule has 0 atom stereocenters. The second-order valence-corrected chi connectivity index (χ2v) is 5.87. The molecule has 1 heterocycles. The minimum absolute atomic E-state index is 0.0637. The molecular weight excluding hydrogens is 352 g/mol. The van der Waals surface area contributed by atoms with Gasteiger partial charge < -0.3 is 14.8 Å². The molecule has 1 N–H and O–H groups in total. The van der Waals surface area contributed by atoms with Crippen LogP contribution in [0, 0.1) is 0 Å². The van der Waals surface area contributed by atoms with Crippen LogP contribution in [0.1, 0.15) is 5.56 Å². The standard InChI is InChI=1S/C20H17ClN2O3/c21-16-7-9-17(10-8-16)25-14-19(24)23-13-15-4-3-5-18(12-15)26-20-6-1-2-11-22-20/h1-12H,13-14H2,(H,23,24). The Balaban J connectivity index is 1.48. The molecule has 3 rings (SSSR count). The van der Waals surface area contributed by atoms with Gasteiger partial charge in [-0.25, -0.2) is 4.98 Å². The Hall–Kier alpha value is -3.05. The van der Waals surface area contributed by atoms with E-state index < -0.39 is 0 Å². The summed E-state index contributed by atoms with van der Waals surface area (Å²) < 4.78 is 11.1. The Morgan fingerprint density at radius 2 is 1.85 bits per heavy atom. The lowest BCUT2D eigenvalue weighted by atomic mass is 10.2. The molecule has 1 amide bonds. The molecule has 5 nitrogen and oxygen atoms in total. The fraction of sp³-hybridized carbons (Fsp3) is 0.100. The smallest absolute Gasteiger partial charge is 0.258 e. The van der Waals surface area contributed by atoms with Crippen LogP contribution in [-0.2, 0) is 11.3 Å². The van der Waals surface area contributed by atoms with Gasteiger partial charge in [-0.15, -0.1) is 0 Å². The highest BCUT2D eigenvalue weighted by Crippen LogP contribution is 2.20. The van der Waals surface area contributed by atoms with E-state index in [1.54, 1.807) is 36.5 Å². The van der Waals surface area contributed by atoms with Crippen LogP contribution < -0.4 is 14.8 Å². The highest BCUT2D eigenvalue weighted by molar-refractivity contribution is 6.30. The van der Waals surface area contributed by atoms with Gasteiger partial charge in [0.2, 0.25) is 5.88 Å². The molecule has 132 valence electrons. The van der Waals surface area contributed by atoms with E-state index in [0.717, 1.165) is 5.56 Å². The zero-order valence-electron chi connectivity index (χ0n) is 13.9. The highest BCUT2D eigenvalue weighted by Gasteiger charge is 2.04. The lowest BCUT2D eigenvalue weighted by molar-refractivity contribution is -0.123. The van der Waals surface area contributed by atoms with E-state index in [0.29, 0.717) is 28.9 Å². The SMILES string of the molecule is O=C(COc1ccc(Cl)cc1)NCc1cccc(Oc2ccccn2)c1. The van der Waals surface area contributed by atoms with Crippen LogP contribution in [0.5, 0.6) is 17.4 Å². The summed E-state index contributed by atoms with van der Waals surface area (Å²) in [5, 5.41) is 3.43. The van der Waals surface area contributed by atoms with Gasteiger partial charge in [0.25, 0.3) is 5.91 Å². The van der Waals surface area contributed by atoms with E-state index in [-0.39, 0.29) is 12.5 Å². The van der Waals surface area contributed by atoms with Gasteiger partial charge in [0.1, 0.15) is 11.5 Å². The number of rotatable bonds is 7. The number of halogens is 1. The van der Waals surface area contributed by atoms with Crippen molar-refractivity contribution in [3.05, 3.63) is 83.5 Å². The molecule has 2 aromatic carbocycles. The van der Waals surface area contributed by atoms with Gasteiger partial charge in [0, 0.05) is 23.8 Å². The Bertz CT molecular complexity index is 854. The molecule has 3 aromatic rings. The molecule has 0 aliphatic rings. The second kappa shape index (κ2) is 8.87. The Kier molecular flexibility index (Phi) is 6.06. The van der Waals surface area contributed by atoms with Crippen molar-refractivity contribution < 1.29 is 14.3 Å². The van der Waals surface area contributed by atoms with Gasteiger partial charge in [-0.05, 0) is 48.0 Å². The van der Waals surface area contributed by atoms with Gasteiger partial charge in [-0.3, -0.25) is 4.79 Å². The Morgan fingerprint density at radius 3 is 2.62 bits per heavy atom. The molecule has 6 heteroatoms. The van der Waals surface area contributed by atoms with Gasteiger partial charge in [0.15, 0.2) is 6.61 Å². The molecule has 0 aliphatic heterocycles. The normalized spacial score (nSPS) is 10.2. The summed E-state index contributed by atoms with van der Waals surface area (Å²) in [5.74, 6) is 1.56. The van der Waals surface area contributed by atoms with Crippen molar-refractivity contribution in [3.63, 3.8) is 0 Å². The number of hydrogen-bond acceptors (Lipinski definition) is 4. The molecule has 0 saturated carbocycles. The van der Waals surface area contributed by atoms with Crippen LogP contribution in [0.3, 0.4) is 0 Å². The van der Waals surface area contributed by atoms with Crippen LogP contribution in [0.25, 0.3) is 0 Å². The number of carbonyl (C=O) groups is 1. The fourth-order valence-corrected chi connectivity index (χ4v) is 2.30. The van der Waals surface area contributed by atoms with Crippen molar-refractivity contribution in [3.8, 4) is 17.4 Å². The molecule has 0 fully saturated rings. The molecule has 0 unspecified atom stereocenters. The molecule has 1 aromatic heterocycles. The molecule has 0 saturated heterocycles. The average molecular weight is 369 g/mol. The topological polar surface area (TPSA) is 60.5 Å². The minimum atomic E-state index is -0.212. The van der Waals surface area contributed by atoms with E-state index in [1.807, 2.05) is 36.4 Å². The van der Waals surface area contributed by atoms with Crippen LogP contribution in [0.15, 0.2) is 72.9 Å². The summed E-state index contributed by atoms with van der Waals surface area (Å²) in [4.78, 5) is 16.0. The number of pyridine rings is 1. The first-order valence-electron chi connectivity index (χ1n) is 8.02. The molecule has 0 bridgehead atoms. The maximum absolute atomic E-state index is 11.9. The summed E-state index contributed by atoms with van der Waals surface area (Å²) in [6.45, 7) is 0.313. The first-order valence-corrected chi connectivity index (χ1v) is 8.40. The lowest BCUT2D eigenvalue weighted by Gasteiger charge is -2.09. The third-order valence-corrected chi connectivity index (χ3v) is 3.68. The van der Waals surface area contributed by atoms with Crippen molar-refractivity contribution in [2.45, 2.75) is 6.54 Å². The van der Waals surface area contributed by atoms with Crippen molar-refractivity contribution in [1.82, 2.24) is 10.3 Å². The Labute approximate surface area is 156 Å². The third kappa shape index (κ3) is 5.50. The zero-order valence-corrected chi connectivity index (χ0v) is 14.6. The maximum Gasteiger partial charge on any atom is 0.258 e. The summed E-state index contributed by atoms with van der Waals surface area (Å²) in [7, 11) is 0. The first kappa shape index (κ1) is 17.8. The second-order valence-electron chi connectivity index (χ2n) is 5.44. The van der Waals surface area contributed by atoms with Crippen LogP contribution in [0.2, 0.25) is 5.02 Å². The molecular formula is C20H17ClN2O3. The number of amides is 1. The quantitative estimate of drug-likeness (QED) is 0.678. The average Bonchev–Trinajstić information content (AvgIpc) is 2.67. The van der Waals surface area contributed by atoms with E-state index in [9.17, 15) is 4.79 Å². The predicted octanol–water partition coefficient (Wildman–Crippen LogP) is 4.22. The number of carbonyl (C=O) groups excluding carboxylic acids is 1. The lowest BCUT2D eigenvalue weighted by Crippen LogP contribution is -2.28. The maximum atomic E-state index is 11.9. The number of ether oxygens (including phenoxy) is 2. The van der Waals surface area contributed by atoms with Crippen LogP contribution in [-0.4, -0.2) is 17.5 Å². The van der Waals surface area contributed by atoms with Gasteiger partial charge in [-0.1, -0.05) is 29.8 Å². The molecule has 0 aliphatic carbocycles. The number of nitrogens with zero attached hydrogens (tertiary/aromatic N) is 1. The van der Waals surface area contributed by atoms with Crippen LogP contribution in [0.4, 0.5) is 0 Å². The number of hydrogen-bond donors (Lipinski definition) is 1. The van der Waals surface area contributed by atoms with Crippen molar-refractivity contribution in [2.24, 2.45) is 0 Å². The zero-order chi connectivity index (χ0) is 18.2. The summed E-state index contributed by atoms with van der Waals surface area (Å²) in [6.07, 6.45) is 1.67. The molecule has 0 radical (unpaired) electrons. The summed E-state index contributed by atoms with van der Waals surface area (Å²) in [5.41, 5.74) is 0.915. The fourth-order valence-electron chi connectivity index (χ4n) is 2.18. The van der Waals surface area contributed by atoms with Crippen molar-refractivity contribution >= 4 is 17.5 Å². The first-order chi connectivity index (χ1) is 12.7. The van der Waals surface area contributed by atoms with E-state index >= 15 is 0 Å². The van der Waals surface area contributed by atoms with E-state index in [2.05, 4.69) is 10.3 Å². The Morgan fingerprint density at radius 1 is 1.00 bits per heavy atom. The molecule has 26 heavy (non-hydrogen) atoms. The van der Waals surface area contributed by atoms with Crippen LogP contribution >= 0.6 is 11.6 Å². The minimum Gasteiger partial charge on any atom is -0.484 e. The number of aromatic nitrogens is 1. The highest BCUT2D eigenvalue weighted by atomic mass is 35.5. The third-order valence-electron chi connectivity index (χ3n) is 3.43. The largest absolute Gasteiger partial charge is 0.484 e.